The number of β-amino-alcohol motifs (C(OH)–C–C–N with tert-alkyl or cyclic N) is 1. The van der Waals surface area contributed by atoms with Crippen LogP contribution in [-0.2, 0) is 0 Å². The third-order valence-electron chi connectivity index (χ3n) is 1.19. The van der Waals surface area contributed by atoms with Crippen molar-refractivity contribution in [3.63, 3.8) is 0 Å². The molecule has 1 aliphatic rings. The van der Waals surface area contributed by atoms with Crippen LogP contribution in [-0.4, -0.2) is 29.7 Å². The summed E-state index contributed by atoms with van der Waals surface area (Å²) in [6.45, 7) is 1.76. The van der Waals surface area contributed by atoms with Crippen molar-refractivity contribution in [2.75, 3.05) is 19.7 Å². The Morgan fingerprint density at radius 1 is 1.67 bits per heavy atom. The molecular formula is C7H10NO+. The first-order valence-electron chi connectivity index (χ1n) is 3.04. The predicted octanol–water partition coefficient (Wildman–Crippen LogP) is 0.167. The number of aliphatic hydroxyl groups excluding tert-OH is 1. The SMILES string of the molecule is OCCN1[C+]=CC=CC1. The summed E-state index contributed by atoms with van der Waals surface area (Å²) in [6.07, 6.45) is 8.81. The van der Waals surface area contributed by atoms with Crippen LogP contribution in [0.15, 0.2) is 18.2 Å². The van der Waals surface area contributed by atoms with Gasteiger partial charge in [0.25, 0.3) is 0 Å². The lowest BCUT2D eigenvalue weighted by Crippen LogP contribution is -2.22. The second-order valence-corrected chi connectivity index (χ2v) is 1.89. The molecule has 9 heavy (non-hydrogen) atoms. The summed E-state index contributed by atoms with van der Waals surface area (Å²) in [6, 6.07) is 0. The maximum Gasteiger partial charge on any atom is 0.190 e. The van der Waals surface area contributed by atoms with E-state index in [1.165, 1.54) is 0 Å². The summed E-state index contributed by atoms with van der Waals surface area (Å²) < 4.78 is 0. The van der Waals surface area contributed by atoms with Crippen LogP contribution in [0, 0.1) is 6.20 Å². The lowest BCUT2D eigenvalue weighted by atomic mass is 10.3. The van der Waals surface area contributed by atoms with Gasteiger partial charge >= 0.3 is 0 Å². The first-order chi connectivity index (χ1) is 4.43. The quantitative estimate of drug-likeness (QED) is 0.530. The molecule has 0 saturated heterocycles. The zero-order valence-electron chi connectivity index (χ0n) is 5.25. The molecule has 1 rings (SSSR count). The van der Waals surface area contributed by atoms with Crippen LogP contribution >= 0.6 is 0 Å². The van der Waals surface area contributed by atoms with Crippen molar-refractivity contribution in [1.82, 2.24) is 4.90 Å². The van der Waals surface area contributed by atoms with Gasteiger partial charge in [0, 0.05) is 6.08 Å². The van der Waals surface area contributed by atoms with Crippen molar-refractivity contribution in [3.8, 4) is 0 Å². The summed E-state index contributed by atoms with van der Waals surface area (Å²) in [5.41, 5.74) is 0. The van der Waals surface area contributed by atoms with Gasteiger partial charge in [0.05, 0.1) is 25.8 Å². The fourth-order valence-corrected chi connectivity index (χ4v) is 0.734. The molecule has 0 fully saturated rings. The number of hydrogen-bond acceptors (Lipinski definition) is 2. The first-order valence-corrected chi connectivity index (χ1v) is 3.04. The molecule has 0 unspecified atom stereocenters. The normalized spacial score (nSPS) is 15.9. The van der Waals surface area contributed by atoms with Crippen LogP contribution < -0.4 is 0 Å². The van der Waals surface area contributed by atoms with Gasteiger partial charge in [-0.2, -0.15) is 0 Å². The second kappa shape index (κ2) is 3.23. The minimum atomic E-state index is 0.203. The van der Waals surface area contributed by atoms with E-state index in [0.29, 0.717) is 6.54 Å². The molecule has 1 N–H and O–H groups in total. The molecule has 0 bridgehead atoms. The maximum absolute atomic E-state index is 8.50. The molecule has 2 nitrogen and oxygen atoms in total. The molecule has 0 radical (unpaired) electrons. The third-order valence-corrected chi connectivity index (χ3v) is 1.19. The van der Waals surface area contributed by atoms with Gasteiger partial charge in [-0.1, -0.05) is 0 Å². The van der Waals surface area contributed by atoms with Crippen LogP contribution in [0.25, 0.3) is 0 Å². The Balaban J connectivity index is 2.28. The van der Waals surface area contributed by atoms with E-state index in [-0.39, 0.29) is 6.61 Å². The van der Waals surface area contributed by atoms with Gasteiger partial charge in [-0.05, 0) is 0 Å². The highest BCUT2D eigenvalue weighted by atomic mass is 16.3. The van der Waals surface area contributed by atoms with E-state index in [1.54, 1.807) is 0 Å². The zero-order valence-corrected chi connectivity index (χ0v) is 5.25. The maximum atomic E-state index is 8.50. The summed E-state index contributed by atoms with van der Waals surface area (Å²) in [7, 11) is 0. The van der Waals surface area contributed by atoms with Crippen molar-refractivity contribution < 1.29 is 5.11 Å². The fourth-order valence-electron chi connectivity index (χ4n) is 0.734. The van der Waals surface area contributed by atoms with Crippen molar-refractivity contribution >= 4 is 0 Å². The van der Waals surface area contributed by atoms with E-state index in [0.717, 1.165) is 6.54 Å². The van der Waals surface area contributed by atoms with Gasteiger partial charge in [0.15, 0.2) is 12.3 Å². The van der Waals surface area contributed by atoms with Crippen molar-refractivity contribution in [2.45, 2.75) is 0 Å². The van der Waals surface area contributed by atoms with Crippen LogP contribution in [0.3, 0.4) is 0 Å². The van der Waals surface area contributed by atoms with E-state index in [4.69, 9.17) is 5.11 Å². The highest BCUT2D eigenvalue weighted by Gasteiger charge is 2.05. The van der Waals surface area contributed by atoms with Gasteiger partial charge in [0.1, 0.15) is 0 Å². The average Bonchev–Trinajstić information content (AvgIpc) is 1.91. The molecule has 0 amide bonds. The highest BCUT2D eigenvalue weighted by Crippen LogP contribution is 1.94. The number of rotatable bonds is 2. The highest BCUT2D eigenvalue weighted by molar-refractivity contribution is 5.04. The molecule has 1 heterocycles. The van der Waals surface area contributed by atoms with Gasteiger partial charge < -0.3 is 5.11 Å². The second-order valence-electron chi connectivity index (χ2n) is 1.89. The number of hydrogen-bond donors (Lipinski definition) is 1. The molecule has 0 aliphatic carbocycles. The van der Waals surface area contributed by atoms with E-state index in [1.807, 2.05) is 23.1 Å². The smallest absolute Gasteiger partial charge is 0.190 e. The molecule has 0 spiro atoms. The van der Waals surface area contributed by atoms with Gasteiger partial charge in [-0.25, -0.2) is 4.90 Å². The average molecular weight is 124 g/mol. The summed E-state index contributed by atoms with van der Waals surface area (Å²) in [4.78, 5) is 1.93. The van der Waals surface area contributed by atoms with Gasteiger partial charge in [0.2, 0.25) is 0 Å². The standard InChI is InChI=1S/C7H10NO/c9-7-6-8-4-2-1-3-5-8/h1-3,9H,4,6-7H2/q+1. The van der Waals surface area contributed by atoms with Crippen molar-refractivity contribution in [3.05, 3.63) is 24.4 Å². The minimum Gasteiger partial charge on any atom is -0.394 e. The minimum absolute atomic E-state index is 0.203. The monoisotopic (exact) mass is 124 g/mol. The lowest BCUT2D eigenvalue weighted by molar-refractivity contribution is 0.239. The largest absolute Gasteiger partial charge is 0.394 e. The van der Waals surface area contributed by atoms with E-state index < -0.39 is 0 Å². The van der Waals surface area contributed by atoms with E-state index >= 15 is 0 Å². The number of nitrogens with zero attached hydrogens (tertiary/aromatic N) is 1. The number of allylic oxidation sites excluding steroid dienone is 2. The molecule has 0 saturated carbocycles. The summed E-state index contributed by atoms with van der Waals surface area (Å²) in [5.74, 6) is 0. The van der Waals surface area contributed by atoms with Crippen LogP contribution in [0.4, 0.5) is 0 Å². The molecule has 0 aromatic rings. The Morgan fingerprint density at radius 2 is 2.56 bits per heavy atom. The zero-order chi connectivity index (χ0) is 6.53. The Bertz CT molecular complexity index is 129. The van der Waals surface area contributed by atoms with Crippen LogP contribution in [0.5, 0.6) is 0 Å². The summed E-state index contributed by atoms with van der Waals surface area (Å²) >= 11 is 0. The first kappa shape index (κ1) is 6.27. The molecular weight excluding hydrogens is 114 g/mol. The molecule has 0 aromatic carbocycles. The molecule has 0 atom stereocenters. The van der Waals surface area contributed by atoms with Crippen LogP contribution in [0.2, 0.25) is 0 Å². The van der Waals surface area contributed by atoms with Crippen molar-refractivity contribution in [2.24, 2.45) is 0 Å². The molecule has 1 aliphatic heterocycles. The third kappa shape index (κ3) is 1.84. The molecule has 2 heteroatoms. The predicted molar refractivity (Wildman–Crippen MR) is 35.6 cm³/mol. The Morgan fingerprint density at radius 3 is 3.11 bits per heavy atom. The van der Waals surface area contributed by atoms with E-state index in [9.17, 15) is 0 Å². The topological polar surface area (TPSA) is 23.5 Å². The van der Waals surface area contributed by atoms with E-state index in [2.05, 4.69) is 6.20 Å². The van der Waals surface area contributed by atoms with Gasteiger partial charge in [-0.15, -0.1) is 0 Å². The Kier molecular flexibility index (Phi) is 2.25. The van der Waals surface area contributed by atoms with Crippen LogP contribution in [0.1, 0.15) is 0 Å². The number of aliphatic hydroxyl groups is 1. The Labute approximate surface area is 55.1 Å². The summed E-state index contributed by atoms with van der Waals surface area (Å²) in [5, 5.41) is 8.50. The molecule has 48 valence electrons. The fraction of sp³-hybridized carbons (Fsp3) is 0.429. The molecule has 0 aromatic heterocycles. The van der Waals surface area contributed by atoms with Gasteiger partial charge in [-0.3, -0.25) is 0 Å². The lowest BCUT2D eigenvalue weighted by Gasteiger charge is -2.08. The van der Waals surface area contributed by atoms with Crippen molar-refractivity contribution in [1.29, 1.82) is 0 Å². The Hall–Kier alpha value is -0.850.